The number of methoxy groups -OCH3 is 1. The predicted octanol–water partition coefficient (Wildman–Crippen LogP) is 4.73. The van der Waals surface area contributed by atoms with Gasteiger partial charge in [0, 0.05) is 48.0 Å². The van der Waals surface area contributed by atoms with Crippen LogP contribution in [0.5, 0.6) is 11.5 Å². The molecular weight excluding hydrogens is 464 g/mol. The van der Waals surface area contributed by atoms with Gasteiger partial charge in [-0.15, -0.1) is 0 Å². The van der Waals surface area contributed by atoms with Crippen LogP contribution >= 0.6 is 0 Å². The van der Waals surface area contributed by atoms with Crippen LogP contribution in [-0.2, 0) is 19.5 Å². The molecule has 0 saturated heterocycles. The molecule has 0 spiro atoms. The van der Waals surface area contributed by atoms with Crippen LogP contribution in [0.15, 0.2) is 47.6 Å². The molecule has 4 heterocycles. The molecule has 0 bridgehead atoms. The second-order valence-corrected chi connectivity index (χ2v) is 9.84. The molecule has 2 aliphatic rings. The van der Waals surface area contributed by atoms with E-state index >= 15 is 0 Å². The average molecular weight is 495 g/mol. The smallest absolute Gasteiger partial charge is 0.145 e. The van der Waals surface area contributed by atoms with Gasteiger partial charge >= 0.3 is 0 Å². The van der Waals surface area contributed by atoms with E-state index in [-0.39, 0.29) is 0 Å². The first-order valence-electron chi connectivity index (χ1n) is 12.5. The lowest BCUT2D eigenvalue weighted by Crippen LogP contribution is -2.27. The summed E-state index contributed by atoms with van der Waals surface area (Å²) >= 11 is 0. The zero-order valence-corrected chi connectivity index (χ0v) is 21.7. The molecule has 2 aromatic heterocycles. The fourth-order valence-corrected chi connectivity index (χ4v) is 5.06. The van der Waals surface area contributed by atoms with Crippen molar-refractivity contribution in [3.05, 3.63) is 65.2 Å². The zero-order valence-electron chi connectivity index (χ0n) is 21.7. The molecule has 6 rings (SSSR count). The van der Waals surface area contributed by atoms with E-state index in [2.05, 4.69) is 44.9 Å². The average Bonchev–Trinajstić information content (AvgIpc) is 3.25. The summed E-state index contributed by atoms with van der Waals surface area (Å²) in [5.74, 6) is 3.43. The SMILES string of the molecule is COc1ccc2c(N3CCOc4c(C)cc(-c5cnc6c(c5)N=CC6)cc4C3)nc(CN(C)C)nc2c1. The lowest BCUT2D eigenvalue weighted by atomic mass is 9.99. The van der Waals surface area contributed by atoms with Gasteiger partial charge in [-0.25, -0.2) is 9.97 Å². The minimum absolute atomic E-state index is 0.576. The first-order chi connectivity index (χ1) is 18.0. The largest absolute Gasteiger partial charge is 0.497 e. The van der Waals surface area contributed by atoms with E-state index in [0.717, 1.165) is 80.6 Å². The Kier molecular flexibility index (Phi) is 5.96. The van der Waals surface area contributed by atoms with E-state index in [0.29, 0.717) is 19.7 Å². The fraction of sp³-hybridized carbons (Fsp3) is 0.310. The predicted molar refractivity (Wildman–Crippen MR) is 146 cm³/mol. The van der Waals surface area contributed by atoms with E-state index in [9.17, 15) is 0 Å². The summed E-state index contributed by atoms with van der Waals surface area (Å²) in [5.41, 5.74) is 7.29. The van der Waals surface area contributed by atoms with Crippen molar-refractivity contribution < 1.29 is 9.47 Å². The maximum absolute atomic E-state index is 6.29. The third kappa shape index (κ3) is 4.49. The first-order valence-corrected chi connectivity index (χ1v) is 12.5. The normalized spacial score (nSPS) is 14.5. The number of fused-ring (bicyclic) bond motifs is 3. The summed E-state index contributed by atoms with van der Waals surface area (Å²) in [6.07, 6.45) is 4.67. The van der Waals surface area contributed by atoms with Crippen molar-refractivity contribution in [2.45, 2.75) is 26.4 Å². The van der Waals surface area contributed by atoms with Crippen molar-refractivity contribution in [2.24, 2.45) is 4.99 Å². The quantitative estimate of drug-likeness (QED) is 0.397. The molecule has 4 aromatic rings. The molecule has 2 aliphatic heterocycles. The van der Waals surface area contributed by atoms with Crippen LogP contribution in [0, 0.1) is 6.92 Å². The van der Waals surface area contributed by atoms with Crippen LogP contribution in [0.2, 0.25) is 0 Å². The van der Waals surface area contributed by atoms with E-state index in [1.807, 2.05) is 44.7 Å². The minimum Gasteiger partial charge on any atom is -0.497 e. The van der Waals surface area contributed by atoms with Gasteiger partial charge in [0.1, 0.15) is 29.7 Å². The first kappa shape index (κ1) is 23.4. The number of hydrogen-bond acceptors (Lipinski definition) is 8. The Labute approximate surface area is 216 Å². The van der Waals surface area contributed by atoms with Crippen molar-refractivity contribution in [1.82, 2.24) is 19.9 Å². The maximum atomic E-state index is 6.29. The molecule has 0 aliphatic carbocycles. The Morgan fingerprint density at radius 2 is 1.97 bits per heavy atom. The van der Waals surface area contributed by atoms with Gasteiger partial charge in [-0.3, -0.25) is 9.98 Å². The van der Waals surface area contributed by atoms with Gasteiger partial charge in [0.05, 0.1) is 37.1 Å². The van der Waals surface area contributed by atoms with E-state index in [4.69, 9.17) is 19.4 Å². The van der Waals surface area contributed by atoms with E-state index < -0.39 is 0 Å². The third-order valence-corrected chi connectivity index (χ3v) is 6.80. The summed E-state index contributed by atoms with van der Waals surface area (Å²) in [5, 5.41) is 1.00. The highest BCUT2D eigenvalue weighted by Crippen LogP contribution is 2.37. The van der Waals surface area contributed by atoms with E-state index in [1.165, 1.54) is 0 Å². The lowest BCUT2D eigenvalue weighted by molar-refractivity contribution is 0.329. The number of rotatable bonds is 5. The number of aliphatic imine (C=N–C) groups is 1. The fourth-order valence-electron chi connectivity index (χ4n) is 5.06. The Hall–Kier alpha value is -4.04. The van der Waals surface area contributed by atoms with Gasteiger partial charge in [0.15, 0.2) is 0 Å². The molecule has 0 atom stereocenters. The van der Waals surface area contributed by atoms with Crippen molar-refractivity contribution in [2.75, 3.05) is 39.3 Å². The summed E-state index contributed by atoms with van der Waals surface area (Å²) in [6, 6.07) is 12.5. The molecule has 0 saturated carbocycles. The van der Waals surface area contributed by atoms with Gasteiger partial charge in [-0.1, -0.05) is 0 Å². The van der Waals surface area contributed by atoms with E-state index in [1.54, 1.807) is 7.11 Å². The standard InChI is InChI=1S/C29H30N6O2/c1-18-11-19(20-13-26-24(31-15-20)7-8-30-26)12-21-16-35(9-10-37-28(18)21)29-23-6-5-22(36-4)14-25(23)32-27(33-29)17-34(2)3/h5-6,8,11-15H,7,9-10,16-17H2,1-4H3. The van der Waals surface area contributed by atoms with Crippen LogP contribution in [0.1, 0.15) is 22.6 Å². The molecule has 2 aromatic carbocycles. The van der Waals surface area contributed by atoms with Crippen molar-refractivity contribution >= 4 is 28.6 Å². The van der Waals surface area contributed by atoms with Gasteiger partial charge in [-0.05, 0) is 62.5 Å². The molecule has 37 heavy (non-hydrogen) atoms. The Bertz CT molecular complexity index is 1530. The Morgan fingerprint density at radius 1 is 1.08 bits per heavy atom. The van der Waals surface area contributed by atoms with Crippen molar-refractivity contribution in [1.29, 1.82) is 0 Å². The number of aromatic nitrogens is 3. The maximum Gasteiger partial charge on any atom is 0.145 e. The molecule has 0 fully saturated rings. The van der Waals surface area contributed by atoms with Crippen molar-refractivity contribution in [3.63, 3.8) is 0 Å². The minimum atomic E-state index is 0.576. The zero-order chi connectivity index (χ0) is 25.5. The second kappa shape index (κ2) is 9.44. The van der Waals surface area contributed by atoms with Crippen LogP contribution in [0.3, 0.4) is 0 Å². The molecule has 188 valence electrons. The monoisotopic (exact) mass is 494 g/mol. The van der Waals surface area contributed by atoms with Gasteiger partial charge < -0.3 is 19.3 Å². The number of hydrogen-bond donors (Lipinski definition) is 0. The summed E-state index contributed by atoms with van der Waals surface area (Å²) in [7, 11) is 5.73. The highest BCUT2D eigenvalue weighted by Gasteiger charge is 2.23. The number of aryl methyl sites for hydroxylation is 1. The molecule has 0 N–H and O–H groups in total. The molecular formula is C29H30N6O2. The second-order valence-electron chi connectivity index (χ2n) is 9.84. The lowest BCUT2D eigenvalue weighted by Gasteiger charge is -2.24. The Morgan fingerprint density at radius 3 is 2.81 bits per heavy atom. The third-order valence-electron chi connectivity index (χ3n) is 6.80. The number of benzene rings is 2. The molecule has 0 unspecified atom stereocenters. The Balaban J connectivity index is 1.42. The van der Waals surface area contributed by atoms with Gasteiger partial charge in [0.25, 0.3) is 0 Å². The molecule has 0 amide bonds. The van der Waals surface area contributed by atoms with Crippen LogP contribution < -0.4 is 14.4 Å². The van der Waals surface area contributed by atoms with Gasteiger partial charge in [-0.2, -0.15) is 0 Å². The number of nitrogens with zero attached hydrogens (tertiary/aromatic N) is 6. The number of ether oxygens (including phenoxy) is 2. The van der Waals surface area contributed by atoms with Crippen molar-refractivity contribution in [3.8, 4) is 22.6 Å². The van der Waals surface area contributed by atoms with Crippen LogP contribution in [0.4, 0.5) is 11.5 Å². The highest BCUT2D eigenvalue weighted by atomic mass is 16.5. The van der Waals surface area contributed by atoms with Crippen LogP contribution in [-0.4, -0.2) is 60.4 Å². The topological polar surface area (TPSA) is 76.0 Å². The summed E-state index contributed by atoms with van der Waals surface area (Å²) < 4.78 is 11.8. The molecule has 8 heteroatoms. The number of pyridine rings is 1. The van der Waals surface area contributed by atoms with Gasteiger partial charge in [0.2, 0.25) is 0 Å². The highest BCUT2D eigenvalue weighted by molar-refractivity contribution is 5.90. The summed E-state index contributed by atoms with van der Waals surface area (Å²) in [6.45, 7) is 4.74. The molecule has 8 nitrogen and oxygen atoms in total. The number of anilines is 1. The molecule has 0 radical (unpaired) electrons. The van der Waals surface area contributed by atoms with Crippen LogP contribution in [0.25, 0.3) is 22.0 Å². The summed E-state index contributed by atoms with van der Waals surface area (Å²) in [4.78, 5) is 23.4.